The summed E-state index contributed by atoms with van der Waals surface area (Å²) in [4.78, 5) is 0. The van der Waals surface area contributed by atoms with Crippen molar-refractivity contribution in [2.45, 2.75) is 72.8 Å². The van der Waals surface area contributed by atoms with Gasteiger partial charge < -0.3 is 5.32 Å². The molecule has 2 unspecified atom stereocenters. The molecule has 0 heterocycles. The quantitative estimate of drug-likeness (QED) is 0.771. The standard InChI is InChI=1S/C16H31N/c1-6-12-9-7-8-10-13(12)17-11-14-15(2,3)16(14,4)5/h12-14,17H,6-11H2,1-5H3. The minimum Gasteiger partial charge on any atom is -0.313 e. The average molecular weight is 237 g/mol. The lowest BCUT2D eigenvalue weighted by molar-refractivity contribution is 0.250. The molecule has 0 saturated heterocycles. The average Bonchev–Trinajstić information content (AvgIpc) is 2.67. The normalized spacial score (nSPS) is 35.8. The molecule has 0 spiro atoms. The Kier molecular flexibility index (Phi) is 3.60. The highest BCUT2D eigenvalue weighted by Crippen LogP contribution is 2.68. The highest BCUT2D eigenvalue weighted by molar-refractivity contribution is 5.13. The Morgan fingerprint density at radius 2 is 1.59 bits per heavy atom. The van der Waals surface area contributed by atoms with Gasteiger partial charge in [-0.3, -0.25) is 0 Å². The molecule has 2 fully saturated rings. The summed E-state index contributed by atoms with van der Waals surface area (Å²) < 4.78 is 0. The minimum absolute atomic E-state index is 0.538. The number of hydrogen-bond donors (Lipinski definition) is 1. The first-order valence-electron chi connectivity index (χ1n) is 7.64. The second kappa shape index (κ2) is 4.57. The molecule has 2 aliphatic carbocycles. The Balaban J connectivity index is 1.82. The summed E-state index contributed by atoms with van der Waals surface area (Å²) in [5.41, 5.74) is 1.08. The molecule has 2 aliphatic rings. The fourth-order valence-electron chi connectivity index (χ4n) is 4.08. The summed E-state index contributed by atoms with van der Waals surface area (Å²) >= 11 is 0. The molecule has 2 saturated carbocycles. The van der Waals surface area contributed by atoms with Gasteiger partial charge in [-0.1, -0.05) is 53.9 Å². The van der Waals surface area contributed by atoms with Crippen molar-refractivity contribution in [1.29, 1.82) is 0 Å². The van der Waals surface area contributed by atoms with Gasteiger partial charge in [0.15, 0.2) is 0 Å². The molecule has 0 radical (unpaired) electrons. The van der Waals surface area contributed by atoms with Crippen molar-refractivity contribution in [2.24, 2.45) is 22.7 Å². The number of hydrogen-bond acceptors (Lipinski definition) is 1. The van der Waals surface area contributed by atoms with Crippen LogP contribution in [0.15, 0.2) is 0 Å². The van der Waals surface area contributed by atoms with Crippen LogP contribution in [0.3, 0.4) is 0 Å². The first kappa shape index (κ1) is 13.4. The minimum atomic E-state index is 0.538. The number of rotatable bonds is 4. The van der Waals surface area contributed by atoms with Gasteiger partial charge in [-0.25, -0.2) is 0 Å². The van der Waals surface area contributed by atoms with Gasteiger partial charge in [0.2, 0.25) is 0 Å². The zero-order valence-electron chi connectivity index (χ0n) is 12.5. The predicted octanol–water partition coefficient (Wildman–Crippen LogP) is 4.23. The van der Waals surface area contributed by atoms with Crippen molar-refractivity contribution in [2.75, 3.05) is 6.54 Å². The van der Waals surface area contributed by atoms with Crippen LogP contribution in [0.25, 0.3) is 0 Å². The maximum atomic E-state index is 3.90. The fraction of sp³-hybridized carbons (Fsp3) is 1.00. The molecule has 0 amide bonds. The molecule has 0 aromatic heterocycles. The molecule has 2 atom stereocenters. The van der Waals surface area contributed by atoms with Crippen LogP contribution in [-0.2, 0) is 0 Å². The largest absolute Gasteiger partial charge is 0.313 e. The Labute approximate surface area is 108 Å². The molecule has 2 rings (SSSR count). The van der Waals surface area contributed by atoms with Crippen LogP contribution in [0.5, 0.6) is 0 Å². The summed E-state index contributed by atoms with van der Waals surface area (Å²) in [6, 6.07) is 0.806. The molecule has 0 aromatic rings. The maximum Gasteiger partial charge on any atom is 0.00953 e. The van der Waals surface area contributed by atoms with Gasteiger partial charge in [0.05, 0.1) is 0 Å². The van der Waals surface area contributed by atoms with Crippen LogP contribution < -0.4 is 5.32 Å². The van der Waals surface area contributed by atoms with Crippen molar-refractivity contribution >= 4 is 0 Å². The molecular formula is C16H31N. The van der Waals surface area contributed by atoms with Crippen LogP contribution in [0.2, 0.25) is 0 Å². The first-order valence-corrected chi connectivity index (χ1v) is 7.64. The number of nitrogens with one attached hydrogen (secondary N) is 1. The third kappa shape index (κ3) is 2.28. The summed E-state index contributed by atoms with van der Waals surface area (Å²) in [7, 11) is 0. The summed E-state index contributed by atoms with van der Waals surface area (Å²) in [5, 5.41) is 3.90. The topological polar surface area (TPSA) is 12.0 Å². The van der Waals surface area contributed by atoms with Gasteiger partial charge >= 0.3 is 0 Å². The molecule has 0 aromatic carbocycles. The molecule has 17 heavy (non-hydrogen) atoms. The van der Waals surface area contributed by atoms with E-state index in [1.54, 1.807) is 0 Å². The van der Waals surface area contributed by atoms with Gasteiger partial charge in [-0.2, -0.15) is 0 Å². The van der Waals surface area contributed by atoms with Crippen LogP contribution in [0.1, 0.15) is 66.7 Å². The monoisotopic (exact) mass is 237 g/mol. The third-order valence-corrected chi connectivity index (χ3v) is 6.34. The van der Waals surface area contributed by atoms with E-state index in [9.17, 15) is 0 Å². The van der Waals surface area contributed by atoms with E-state index < -0.39 is 0 Å². The van der Waals surface area contributed by atoms with Gasteiger partial charge in [0.25, 0.3) is 0 Å². The second-order valence-corrected chi connectivity index (χ2v) is 7.46. The van der Waals surface area contributed by atoms with Crippen molar-refractivity contribution in [3.63, 3.8) is 0 Å². The SMILES string of the molecule is CCC1CCCCC1NCC1C(C)(C)C1(C)C. The third-order valence-electron chi connectivity index (χ3n) is 6.34. The fourth-order valence-corrected chi connectivity index (χ4v) is 4.08. The first-order chi connectivity index (χ1) is 7.91. The Hall–Kier alpha value is -0.0400. The molecule has 1 nitrogen and oxygen atoms in total. The van der Waals surface area contributed by atoms with Gasteiger partial charge in [0.1, 0.15) is 0 Å². The Morgan fingerprint density at radius 3 is 2.12 bits per heavy atom. The van der Waals surface area contributed by atoms with E-state index in [1.807, 2.05) is 0 Å². The highest BCUT2D eigenvalue weighted by atomic mass is 15.0. The zero-order valence-corrected chi connectivity index (χ0v) is 12.5. The Bertz CT molecular complexity index is 253. The van der Waals surface area contributed by atoms with Crippen LogP contribution in [-0.4, -0.2) is 12.6 Å². The molecular weight excluding hydrogens is 206 g/mol. The summed E-state index contributed by atoms with van der Waals surface area (Å²) in [6.45, 7) is 13.3. The van der Waals surface area contributed by atoms with Crippen LogP contribution in [0, 0.1) is 22.7 Å². The smallest absolute Gasteiger partial charge is 0.00953 e. The van der Waals surface area contributed by atoms with Gasteiger partial charge in [-0.05, 0) is 42.1 Å². The van der Waals surface area contributed by atoms with E-state index in [0.29, 0.717) is 10.8 Å². The lowest BCUT2D eigenvalue weighted by Gasteiger charge is -2.32. The van der Waals surface area contributed by atoms with Gasteiger partial charge in [0, 0.05) is 6.04 Å². The van der Waals surface area contributed by atoms with E-state index >= 15 is 0 Å². The molecule has 1 heteroatoms. The van der Waals surface area contributed by atoms with E-state index in [1.165, 1.54) is 38.6 Å². The summed E-state index contributed by atoms with van der Waals surface area (Å²) in [5.74, 6) is 1.81. The van der Waals surface area contributed by atoms with Crippen LogP contribution >= 0.6 is 0 Å². The van der Waals surface area contributed by atoms with E-state index in [2.05, 4.69) is 39.9 Å². The molecule has 1 N–H and O–H groups in total. The lowest BCUT2D eigenvalue weighted by Crippen LogP contribution is -2.39. The Morgan fingerprint density at radius 1 is 1.00 bits per heavy atom. The molecule has 0 bridgehead atoms. The van der Waals surface area contributed by atoms with E-state index in [0.717, 1.165) is 17.9 Å². The van der Waals surface area contributed by atoms with Crippen LogP contribution in [0.4, 0.5) is 0 Å². The van der Waals surface area contributed by atoms with Crippen molar-refractivity contribution in [1.82, 2.24) is 5.32 Å². The van der Waals surface area contributed by atoms with Gasteiger partial charge in [-0.15, -0.1) is 0 Å². The van der Waals surface area contributed by atoms with E-state index in [4.69, 9.17) is 0 Å². The maximum absolute atomic E-state index is 3.90. The summed E-state index contributed by atoms with van der Waals surface area (Å²) in [6.07, 6.45) is 7.11. The zero-order chi connectivity index (χ0) is 12.7. The second-order valence-electron chi connectivity index (χ2n) is 7.46. The van der Waals surface area contributed by atoms with Crippen molar-refractivity contribution in [3.8, 4) is 0 Å². The molecule has 100 valence electrons. The molecule has 0 aliphatic heterocycles. The predicted molar refractivity (Wildman–Crippen MR) is 75.1 cm³/mol. The lowest BCUT2D eigenvalue weighted by atomic mass is 9.83. The van der Waals surface area contributed by atoms with Crippen molar-refractivity contribution < 1.29 is 0 Å². The van der Waals surface area contributed by atoms with Crippen molar-refractivity contribution in [3.05, 3.63) is 0 Å². The highest BCUT2D eigenvalue weighted by Gasteiger charge is 2.63. The van der Waals surface area contributed by atoms with E-state index in [-0.39, 0.29) is 0 Å².